The number of aryl methyl sites for hydroxylation is 4. The van der Waals surface area contributed by atoms with Crippen molar-refractivity contribution in [3.63, 3.8) is 0 Å². The monoisotopic (exact) mass is 401 g/mol. The highest BCUT2D eigenvalue weighted by Gasteiger charge is 2.26. The van der Waals surface area contributed by atoms with E-state index in [4.69, 9.17) is 4.74 Å². The minimum Gasteiger partial charge on any atom is -0.424 e. The van der Waals surface area contributed by atoms with Gasteiger partial charge in [-0.05, 0) is 46.8 Å². The Balaban J connectivity index is 1.93. The van der Waals surface area contributed by atoms with Gasteiger partial charge in [-0.15, -0.1) is 0 Å². The van der Waals surface area contributed by atoms with Crippen LogP contribution in [0.25, 0.3) is 0 Å². The lowest BCUT2D eigenvalue weighted by atomic mass is 10.3. The molecule has 28 heavy (non-hydrogen) atoms. The lowest BCUT2D eigenvalue weighted by Gasteiger charge is -2.14. The third kappa shape index (κ3) is 3.84. The molecular weight excluding hydrogens is 378 g/mol. The maximum absolute atomic E-state index is 13.0. The van der Waals surface area contributed by atoms with E-state index < -0.39 is 10.0 Å². The number of hydrogen-bond donors (Lipinski definition) is 1. The van der Waals surface area contributed by atoms with Crippen molar-refractivity contribution in [3.8, 4) is 11.8 Å². The van der Waals surface area contributed by atoms with Crippen LogP contribution in [0.2, 0.25) is 0 Å². The zero-order valence-electron chi connectivity index (χ0n) is 16.5. The van der Waals surface area contributed by atoms with E-state index >= 15 is 0 Å². The fraction of sp³-hybridized carbons (Fsp3) is 0.316. The smallest absolute Gasteiger partial charge is 0.322 e. The average molecular weight is 401 g/mol. The Kier molecular flexibility index (Phi) is 5.37. The minimum absolute atomic E-state index is 0.162. The van der Waals surface area contributed by atoms with Crippen LogP contribution in [0.3, 0.4) is 0 Å². The molecule has 9 heteroatoms. The largest absolute Gasteiger partial charge is 0.424 e. The number of nitrogens with zero attached hydrogens (tertiary/aromatic N) is 4. The van der Waals surface area contributed by atoms with E-state index in [2.05, 4.69) is 19.8 Å². The number of rotatable bonds is 6. The second-order valence-electron chi connectivity index (χ2n) is 6.39. The molecule has 0 bridgehead atoms. The van der Waals surface area contributed by atoms with Crippen molar-refractivity contribution in [1.82, 2.24) is 19.7 Å². The maximum Gasteiger partial charge on any atom is 0.322 e. The highest BCUT2D eigenvalue weighted by Crippen LogP contribution is 2.27. The first-order chi connectivity index (χ1) is 13.2. The Morgan fingerprint density at radius 2 is 1.61 bits per heavy atom. The first-order valence-electron chi connectivity index (χ1n) is 8.88. The SMILES string of the molecule is CCn1nc(C)c(S(=O)(=O)Nc2c(C)nc(Oc3ccccc3)nc2C)c1C. The number of sulfonamides is 1. The quantitative estimate of drug-likeness (QED) is 0.678. The van der Waals surface area contributed by atoms with E-state index in [0.717, 1.165) is 0 Å². The number of ether oxygens (including phenoxy) is 1. The van der Waals surface area contributed by atoms with Gasteiger partial charge in [-0.25, -0.2) is 8.42 Å². The lowest BCUT2D eigenvalue weighted by Crippen LogP contribution is -2.17. The van der Waals surface area contributed by atoms with E-state index in [9.17, 15) is 8.42 Å². The standard InChI is InChI=1S/C19H23N5O3S/c1-6-24-15(5)18(14(4)22-24)28(25,26)23-17-12(2)20-19(21-13(17)3)27-16-10-8-7-9-11-16/h7-11,23H,6H2,1-5H3. The summed E-state index contributed by atoms with van der Waals surface area (Å²) >= 11 is 0. The molecule has 148 valence electrons. The molecule has 1 aromatic carbocycles. The molecule has 0 saturated carbocycles. The number of aromatic nitrogens is 4. The molecule has 8 nitrogen and oxygen atoms in total. The average Bonchev–Trinajstić information content (AvgIpc) is 2.93. The first-order valence-corrected chi connectivity index (χ1v) is 10.4. The van der Waals surface area contributed by atoms with E-state index in [1.54, 1.807) is 44.5 Å². The molecular formula is C19H23N5O3S. The van der Waals surface area contributed by atoms with Gasteiger partial charge < -0.3 is 4.74 Å². The van der Waals surface area contributed by atoms with Crippen molar-refractivity contribution in [3.05, 3.63) is 53.1 Å². The molecule has 0 atom stereocenters. The minimum atomic E-state index is -3.83. The summed E-state index contributed by atoms with van der Waals surface area (Å²) in [6.45, 7) is 9.34. The number of anilines is 1. The summed E-state index contributed by atoms with van der Waals surface area (Å²) in [5.74, 6) is 0.605. The van der Waals surface area contributed by atoms with Crippen molar-refractivity contribution in [2.75, 3.05) is 4.72 Å². The van der Waals surface area contributed by atoms with Gasteiger partial charge in [0.05, 0.1) is 28.5 Å². The van der Waals surface area contributed by atoms with Crippen LogP contribution in [0.5, 0.6) is 11.8 Å². The van der Waals surface area contributed by atoms with Gasteiger partial charge in [-0.1, -0.05) is 18.2 Å². The van der Waals surface area contributed by atoms with Crippen LogP contribution in [0.4, 0.5) is 5.69 Å². The van der Waals surface area contributed by atoms with Gasteiger partial charge in [0.15, 0.2) is 0 Å². The fourth-order valence-corrected chi connectivity index (χ4v) is 4.63. The molecule has 0 aliphatic rings. The molecule has 1 N–H and O–H groups in total. The number of benzene rings is 1. The van der Waals surface area contributed by atoms with E-state index in [0.29, 0.717) is 40.8 Å². The molecule has 0 aliphatic carbocycles. The van der Waals surface area contributed by atoms with Gasteiger partial charge in [0.1, 0.15) is 10.6 Å². The number of hydrogen-bond acceptors (Lipinski definition) is 6. The van der Waals surface area contributed by atoms with Crippen LogP contribution in [-0.2, 0) is 16.6 Å². The molecule has 0 amide bonds. The molecule has 3 rings (SSSR count). The summed E-state index contributed by atoms with van der Waals surface area (Å²) in [7, 11) is -3.83. The van der Waals surface area contributed by atoms with E-state index in [-0.39, 0.29) is 10.9 Å². The summed E-state index contributed by atoms with van der Waals surface area (Å²) in [5.41, 5.74) is 2.32. The fourth-order valence-electron chi connectivity index (χ4n) is 3.04. The maximum atomic E-state index is 13.0. The molecule has 2 heterocycles. The molecule has 0 fully saturated rings. The van der Waals surface area contributed by atoms with Crippen LogP contribution in [0.15, 0.2) is 35.2 Å². The highest BCUT2D eigenvalue weighted by molar-refractivity contribution is 7.92. The number of para-hydroxylation sites is 1. The van der Waals surface area contributed by atoms with Crippen molar-refractivity contribution < 1.29 is 13.2 Å². The van der Waals surface area contributed by atoms with Crippen molar-refractivity contribution >= 4 is 15.7 Å². The molecule has 0 spiro atoms. The predicted molar refractivity (Wildman–Crippen MR) is 106 cm³/mol. The molecule has 0 radical (unpaired) electrons. The second-order valence-corrected chi connectivity index (χ2v) is 8.01. The summed E-state index contributed by atoms with van der Waals surface area (Å²) in [5, 5.41) is 4.29. The summed E-state index contributed by atoms with van der Waals surface area (Å²) in [6, 6.07) is 9.32. The third-order valence-corrected chi connectivity index (χ3v) is 5.92. The normalized spacial score (nSPS) is 11.5. The van der Waals surface area contributed by atoms with Gasteiger partial charge in [-0.3, -0.25) is 9.40 Å². The second kappa shape index (κ2) is 7.59. The first kappa shape index (κ1) is 19.8. The Morgan fingerprint density at radius 1 is 1.00 bits per heavy atom. The van der Waals surface area contributed by atoms with Crippen LogP contribution < -0.4 is 9.46 Å². The van der Waals surface area contributed by atoms with Crippen molar-refractivity contribution in [2.24, 2.45) is 0 Å². The summed E-state index contributed by atoms with van der Waals surface area (Å²) in [4.78, 5) is 8.76. The zero-order chi connectivity index (χ0) is 20.5. The topological polar surface area (TPSA) is 99.0 Å². The van der Waals surface area contributed by atoms with Gasteiger partial charge in [0.25, 0.3) is 10.0 Å². The van der Waals surface area contributed by atoms with Crippen molar-refractivity contribution in [2.45, 2.75) is 46.1 Å². The van der Waals surface area contributed by atoms with Crippen LogP contribution >= 0.6 is 0 Å². The summed E-state index contributed by atoms with van der Waals surface area (Å²) in [6.07, 6.45) is 0. The Labute approximate surface area is 164 Å². The Bertz CT molecular complexity index is 1090. The van der Waals surface area contributed by atoms with Crippen LogP contribution in [-0.4, -0.2) is 28.2 Å². The predicted octanol–water partition coefficient (Wildman–Crippen LogP) is 3.52. The lowest BCUT2D eigenvalue weighted by molar-refractivity contribution is 0.439. The zero-order valence-corrected chi connectivity index (χ0v) is 17.3. The highest BCUT2D eigenvalue weighted by atomic mass is 32.2. The third-order valence-electron chi connectivity index (χ3n) is 4.32. The van der Waals surface area contributed by atoms with Gasteiger partial charge >= 0.3 is 6.01 Å². The molecule has 0 aliphatic heterocycles. The van der Waals surface area contributed by atoms with Crippen LogP contribution in [0.1, 0.15) is 29.7 Å². The van der Waals surface area contributed by atoms with E-state index in [1.807, 2.05) is 25.1 Å². The molecule has 3 aromatic rings. The van der Waals surface area contributed by atoms with E-state index in [1.165, 1.54) is 0 Å². The number of nitrogens with one attached hydrogen (secondary N) is 1. The Hall–Kier alpha value is -2.94. The van der Waals surface area contributed by atoms with Crippen molar-refractivity contribution in [1.29, 1.82) is 0 Å². The molecule has 2 aromatic heterocycles. The summed E-state index contributed by atoms with van der Waals surface area (Å²) < 4.78 is 35.9. The van der Waals surface area contributed by atoms with Crippen LogP contribution in [0, 0.1) is 27.7 Å². The molecule has 0 saturated heterocycles. The van der Waals surface area contributed by atoms with Gasteiger partial charge in [0, 0.05) is 6.54 Å². The van der Waals surface area contributed by atoms with Gasteiger partial charge in [-0.2, -0.15) is 15.1 Å². The molecule has 0 unspecified atom stereocenters. The van der Waals surface area contributed by atoms with Gasteiger partial charge in [0.2, 0.25) is 0 Å². The Morgan fingerprint density at radius 3 is 2.14 bits per heavy atom.